The molecule has 0 unspecified atom stereocenters. The molecule has 0 heterocycles. The zero-order valence-electron chi connectivity index (χ0n) is 12.0. The van der Waals surface area contributed by atoms with Gasteiger partial charge in [-0.1, -0.05) is 31.4 Å². The van der Waals surface area contributed by atoms with E-state index >= 15 is 0 Å². The first kappa shape index (κ1) is 15.0. The fraction of sp³-hybridized carbons (Fsp3) is 0.562. The Morgan fingerprint density at radius 2 is 1.90 bits per heavy atom. The van der Waals surface area contributed by atoms with Gasteiger partial charge < -0.3 is 10.6 Å². The van der Waals surface area contributed by atoms with Crippen LogP contribution in [0.2, 0.25) is 0 Å². The molecule has 1 aliphatic rings. The first-order chi connectivity index (χ1) is 9.65. The van der Waals surface area contributed by atoms with Crippen molar-refractivity contribution in [1.82, 2.24) is 10.6 Å². The Kier molecular flexibility index (Phi) is 5.53. The van der Waals surface area contributed by atoms with E-state index in [4.69, 9.17) is 0 Å². The van der Waals surface area contributed by atoms with Gasteiger partial charge >= 0.3 is 0 Å². The lowest BCUT2D eigenvalue weighted by molar-refractivity contribution is -0.121. The normalized spacial score (nSPS) is 17.7. The van der Waals surface area contributed by atoms with Gasteiger partial charge in [-0.3, -0.25) is 4.79 Å². The number of hydrogen-bond acceptors (Lipinski definition) is 2. The molecular formula is C16H23FN2O. The highest BCUT2D eigenvalue weighted by Gasteiger charge is 2.16. The van der Waals surface area contributed by atoms with Crippen molar-refractivity contribution in [2.45, 2.75) is 51.1 Å². The monoisotopic (exact) mass is 278 g/mol. The molecule has 1 aromatic rings. The molecule has 0 aliphatic heterocycles. The molecule has 1 amide bonds. The summed E-state index contributed by atoms with van der Waals surface area (Å²) < 4.78 is 12.8. The van der Waals surface area contributed by atoms with Gasteiger partial charge in [-0.2, -0.15) is 0 Å². The third-order valence-corrected chi connectivity index (χ3v) is 3.91. The zero-order chi connectivity index (χ0) is 14.4. The first-order valence-electron chi connectivity index (χ1n) is 7.43. The van der Waals surface area contributed by atoms with E-state index in [0.717, 1.165) is 18.4 Å². The standard InChI is InChI=1S/C16H23FN2O/c1-12(13-7-9-14(17)10-8-13)18-11-16(20)19-15-5-3-2-4-6-15/h7-10,12,15,18H,2-6,11H2,1H3,(H,19,20)/t12-/m0/s1. The summed E-state index contributed by atoms with van der Waals surface area (Å²) in [6, 6.07) is 6.75. The second kappa shape index (κ2) is 7.39. The minimum Gasteiger partial charge on any atom is -0.352 e. The van der Waals surface area contributed by atoms with E-state index in [2.05, 4.69) is 10.6 Å². The Hall–Kier alpha value is -1.42. The number of hydrogen-bond donors (Lipinski definition) is 2. The summed E-state index contributed by atoms with van der Waals surface area (Å²) in [7, 11) is 0. The molecule has 110 valence electrons. The number of amides is 1. The number of rotatable bonds is 5. The van der Waals surface area contributed by atoms with Crippen LogP contribution in [0.25, 0.3) is 0 Å². The molecule has 0 bridgehead atoms. The number of benzene rings is 1. The lowest BCUT2D eigenvalue weighted by atomic mass is 9.95. The number of carbonyl (C=O) groups excluding carboxylic acids is 1. The van der Waals surface area contributed by atoms with E-state index in [0.29, 0.717) is 12.6 Å². The molecule has 2 N–H and O–H groups in total. The molecule has 0 aromatic heterocycles. The molecule has 1 fully saturated rings. The Labute approximate surface area is 120 Å². The van der Waals surface area contributed by atoms with Crippen molar-refractivity contribution in [2.75, 3.05) is 6.54 Å². The first-order valence-corrected chi connectivity index (χ1v) is 7.43. The number of halogens is 1. The average molecular weight is 278 g/mol. The summed E-state index contributed by atoms with van der Waals surface area (Å²) in [5.41, 5.74) is 0.983. The van der Waals surface area contributed by atoms with E-state index < -0.39 is 0 Å². The van der Waals surface area contributed by atoms with Crippen LogP contribution in [0.15, 0.2) is 24.3 Å². The van der Waals surface area contributed by atoms with E-state index in [1.54, 1.807) is 12.1 Å². The lowest BCUT2D eigenvalue weighted by Gasteiger charge is -2.23. The summed E-state index contributed by atoms with van der Waals surface area (Å²) >= 11 is 0. The van der Waals surface area contributed by atoms with Crippen LogP contribution in [-0.2, 0) is 4.79 Å². The molecule has 4 heteroatoms. The van der Waals surface area contributed by atoms with Crippen molar-refractivity contribution >= 4 is 5.91 Å². The van der Waals surface area contributed by atoms with Crippen molar-refractivity contribution < 1.29 is 9.18 Å². The fourth-order valence-electron chi connectivity index (χ4n) is 2.64. The summed E-state index contributed by atoms with van der Waals surface area (Å²) in [6.45, 7) is 2.27. The summed E-state index contributed by atoms with van der Waals surface area (Å²) in [6.07, 6.45) is 5.90. The third-order valence-electron chi connectivity index (χ3n) is 3.91. The van der Waals surface area contributed by atoms with Crippen LogP contribution in [0, 0.1) is 5.82 Å². The highest BCUT2D eigenvalue weighted by atomic mass is 19.1. The predicted octanol–water partition coefficient (Wildman–Crippen LogP) is 2.93. The smallest absolute Gasteiger partial charge is 0.234 e. The van der Waals surface area contributed by atoms with Gasteiger partial charge in [0, 0.05) is 12.1 Å². The largest absolute Gasteiger partial charge is 0.352 e. The quantitative estimate of drug-likeness (QED) is 0.869. The van der Waals surface area contributed by atoms with Gasteiger partial charge in [-0.05, 0) is 37.5 Å². The maximum Gasteiger partial charge on any atom is 0.234 e. The Morgan fingerprint density at radius 1 is 1.25 bits per heavy atom. The highest BCUT2D eigenvalue weighted by molar-refractivity contribution is 5.78. The van der Waals surface area contributed by atoms with E-state index in [1.807, 2.05) is 6.92 Å². The van der Waals surface area contributed by atoms with Crippen LogP contribution in [0.5, 0.6) is 0 Å². The highest BCUT2D eigenvalue weighted by Crippen LogP contribution is 2.17. The Balaban J connectivity index is 1.73. The topological polar surface area (TPSA) is 41.1 Å². The van der Waals surface area contributed by atoms with Crippen LogP contribution in [-0.4, -0.2) is 18.5 Å². The minimum absolute atomic E-state index is 0.0349. The molecule has 20 heavy (non-hydrogen) atoms. The second-order valence-corrected chi connectivity index (χ2v) is 5.56. The fourth-order valence-corrected chi connectivity index (χ4v) is 2.64. The van der Waals surface area contributed by atoms with E-state index in [1.165, 1.54) is 31.4 Å². The molecule has 1 aliphatic carbocycles. The van der Waals surface area contributed by atoms with Crippen molar-refractivity contribution in [3.8, 4) is 0 Å². The minimum atomic E-state index is -0.240. The van der Waals surface area contributed by atoms with Crippen molar-refractivity contribution in [3.05, 3.63) is 35.6 Å². The van der Waals surface area contributed by atoms with Gasteiger partial charge in [0.05, 0.1) is 6.54 Å². The molecule has 3 nitrogen and oxygen atoms in total. The zero-order valence-corrected chi connectivity index (χ0v) is 12.0. The molecule has 1 saturated carbocycles. The van der Waals surface area contributed by atoms with Gasteiger partial charge in [0.2, 0.25) is 5.91 Å². The third kappa shape index (κ3) is 4.60. The van der Waals surface area contributed by atoms with Gasteiger partial charge in [0.25, 0.3) is 0 Å². The maximum atomic E-state index is 12.8. The van der Waals surface area contributed by atoms with Crippen molar-refractivity contribution in [3.63, 3.8) is 0 Å². The van der Waals surface area contributed by atoms with Crippen molar-refractivity contribution in [1.29, 1.82) is 0 Å². The summed E-state index contributed by atoms with van der Waals surface area (Å²) in [5, 5.41) is 6.25. The van der Waals surface area contributed by atoms with Crippen LogP contribution >= 0.6 is 0 Å². The summed E-state index contributed by atoms with van der Waals surface area (Å²) in [5.74, 6) is -0.193. The number of nitrogens with one attached hydrogen (secondary N) is 2. The van der Waals surface area contributed by atoms with Crippen molar-refractivity contribution in [2.24, 2.45) is 0 Å². The van der Waals surface area contributed by atoms with Crippen LogP contribution in [0.3, 0.4) is 0 Å². The second-order valence-electron chi connectivity index (χ2n) is 5.56. The Bertz CT molecular complexity index is 427. The maximum absolute atomic E-state index is 12.8. The SMILES string of the molecule is C[C@H](NCC(=O)NC1CCCCC1)c1ccc(F)cc1. The lowest BCUT2D eigenvalue weighted by Crippen LogP contribution is -2.41. The molecule has 2 rings (SSSR count). The van der Waals surface area contributed by atoms with Crippen LogP contribution in [0.4, 0.5) is 4.39 Å². The van der Waals surface area contributed by atoms with Crippen LogP contribution < -0.4 is 10.6 Å². The molecule has 0 saturated heterocycles. The molecule has 0 radical (unpaired) electrons. The van der Waals surface area contributed by atoms with E-state index in [9.17, 15) is 9.18 Å². The predicted molar refractivity (Wildman–Crippen MR) is 77.8 cm³/mol. The molecule has 1 aromatic carbocycles. The van der Waals surface area contributed by atoms with Gasteiger partial charge in [0.15, 0.2) is 0 Å². The summed E-state index contributed by atoms with van der Waals surface area (Å²) in [4.78, 5) is 11.9. The van der Waals surface area contributed by atoms with E-state index in [-0.39, 0.29) is 17.8 Å². The molecule has 1 atom stereocenters. The Morgan fingerprint density at radius 3 is 2.55 bits per heavy atom. The van der Waals surface area contributed by atoms with Gasteiger partial charge in [-0.15, -0.1) is 0 Å². The molecule has 0 spiro atoms. The van der Waals surface area contributed by atoms with Gasteiger partial charge in [0.1, 0.15) is 5.82 Å². The molecular weight excluding hydrogens is 255 g/mol. The van der Waals surface area contributed by atoms with Gasteiger partial charge in [-0.25, -0.2) is 4.39 Å². The average Bonchev–Trinajstić information content (AvgIpc) is 2.46. The number of carbonyl (C=O) groups is 1. The van der Waals surface area contributed by atoms with Crippen LogP contribution in [0.1, 0.15) is 50.6 Å².